The van der Waals surface area contributed by atoms with Crippen molar-refractivity contribution in [2.24, 2.45) is 0 Å². The molecule has 0 saturated carbocycles. The zero-order chi connectivity index (χ0) is 19.8. The molecule has 1 heterocycles. The van der Waals surface area contributed by atoms with Gasteiger partial charge in [-0.05, 0) is 48.5 Å². The molecule has 0 aliphatic heterocycles. The second-order valence-corrected chi connectivity index (χ2v) is 5.83. The van der Waals surface area contributed by atoms with Gasteiger partial charge in [0.1, 0.15) is 5.76 Å². The van der Waals surface area contributed by atoms with Crippen molar-refractivity contribution >= 4 is 17.5 Å². The van der Waals surface area contributed by atoms with Crippen LogP contribution in [0.15, 0.2) is 71.3 Å². The average molecular weight is 380 g/mol. The van der Waals surface area contributed by atoms with Gasteiger partial charge < -0.3 is 24.5 Å². The summed E-state index contributed by atoms with van der Waals surface area (Å²) in [5, 5.41) is 5.48. The summed E-state index contributed by atoms with van der Waals surface area (Å²) in [5.41, 5.74) is 1.05. The van der Waals surface area contributed by atoms with Crippen molar-refractivity contribution < 1.29 is 23.5 Å². The third-order valence-corrected chi connectivity index (χ3v) is 3.86. The van der Waals surface area contributed by atoms with Crippen LogP contribution in [0.1, 0.15) is 16.1 Å². The molecule has 0 fully saturated rings. The van der Waals surface area contributed by atoms with E-state index in [1.807, 2.05) is 6.07 Å². The summed E-state index contributed by atoms with van der Waals surface area (Å²) < 4.78 is 15.8. The first kappa shape index (κ1) is 19.0. The molecular formula is C21H20N2O5. The Kier molecular flexibility index (Phi) is 6.30. The number of para-hydroxylation sites is 2. The highest BCUT2D eigenvalue weighted by Gasteiger charge is 2.09. The van der Waals surface area contributed by atoms with Gasteiger partial charge in [-0.2, -0.15) is 0 Å². The fourth-order valence-electron chi connectivity index (χ4n) is 2.47. The molecule has 1 aromatic heterocycles. The van der Waals surface area contributed by atoms with Crippen LogP contribution in [-0.2, 0) is 11.3 Å². The summed E-state index contributed by atoms with van der Waals surface area (Å²) in [6.45, 7) is 0.149. The Morgan fingerprint density at radius 2 is 1.71 bits per heavy atom. The summed E-state index contributed by atoms with van der Waals surface area (Å²) in [6.07, 6.45) is 1.55. The summed E-state index contributed by atoms with van der Waals surface area (Å²) in [7, 11) is 1.54. The normalized spacial score (nSPS) is 10.2. The van der Waals surface area contributed by atoms with Gasteiger partial charge in [-0.3, -0.25) is 9.59 Å². The quantitative estimate of drug-likeness (QED) is 0.626. The zero-order valence-electron chi connectivity index (χ0n) is 15.3. The highest BCUT2D eigenvalue weighted by atomic mass is 16.5. The monoisotopic (exact) mass is 380 g/mol. The summed E-state index contributed by atoms with van der Waals surface area (Å²) in [4.78, 5) is 24.2. The van der Waals surface area contributed by atoms with E-state index in [9.17, 15) is 9.59 Å². The molecule has 2 aromatic carbocycles. The van der Waals surface area contributed by atoms with Crippen molar-refractivity contribution in [1.29, 1.82) is 0 Å². The summed E-state index contributed by atoms with van der Waals surface area (Å²) >= 11 is 0. The van der Waals surface area contributed by atoms with Crippen LogP contribution in [0.5, 0.6) is 11.5 Å². The Morgan fingerprint density at radius 1 is 0.964 bits per heavy atom. The minimum Gasteiger partial charge on any atom is -0.493 e. The maximum absolute atomic E-state index is 12.1. The lowest BCUT2D eigenvalue weighted by molar-refractivity contribution is -0.118. The van der Waals surface area contributed by atoms with Crippen LogP contribution in [-0.4, -0.2) is 25.5 Å². The number of furan rings is 1. The lowest BCUT2D eigenvalue weighted by Crippen LogP contribution is -2.23. The number of hydrogen-bond donors (Lipinski definition) is 2. The predicted octanol–water partition coefficient (Wildman–Crippen LogP) is 3.24. The molecule has 0 atom stereocenters. The van der Waals surface area contributed by atoms with Crippen LogP contribution in [0.3, 0.4) is 0 Å². The number of methoxy groups -OCH3 is 1. The van der Waals surface area contributed by atoms with Gasteiger partial charge in [0.05, 0.1) is 19.9 Å². The van der Waals surface area contributed by atoms with Gasteiger partial charge in [0.25, 0.3) is 11.8 Å². The number of amides is 2. The Hall–Kier alpha value is -3.74. The molecule has 0 unspecified atom stereocenters. The van der Waals surface area contributed by atoms with Crippen molar-refractivity contribution in [3.05, 3.63) is 78.3 Å². The van der Waals surface area contributed by atoms with Gasteiger partial charge in [-0.25, -0.2) is 0 Å². The largest absolute Gasteiger partial charge is 0.493 e. The minimum absolute atomic E-state index is 0.161. The highest BCUT2D eigenvalue weighted by Crippen LogP contribution is 2.25. The topological polar surface area (TPSA) is 89.8 Å². The number of anilines is 1. The second kappa shape index (κ2) is 9.27. The molecule has 0 bridgehead atoms. The number of carbonyl (C=O) groups excluding carboxylic acids is 2. The Balaban J connectivity index is 1.49. The molecule has 2 N–H and O–H groups in total. The van der Waals surface area contributed by atoms with Gasteiger partial charge in [-0.1, -0.05) is 12.1 Å². The Labute approximate surface area is 162 Å². The van der Waals surface area contributed by atoms with E-state index in [1.165, 1.54) is 7.11 Å². The number of rotatable bonds is 8. The molecule has 2 amide bonds. The molecule has 0 radical (unpaired) electrons. The molecule has 0 aliphatic carbocycles. The van der Waals surface area contributed by atoms with Crippen LogP contribution in [0.25, 0.3) is 0 Å². The Morgan fingerprint density at radius 3 is 2.39 bits per heavy atom. The number of carbonyl (C=O) groups is 2. The second-order valence-electron chi connectivity index (χ2n) is 5.83. The zero-order valence-corrected chi connectivity index (χ0v) is 15.3. The van der Waals surface area contributed by atoms with Crippen molar-refractivity contribution in [3.63, 3.8) is 0 Å². The molecule has 0 aliphatic rings. The average Bonchev–Trinajstić information content (AvgIpc) is 3.25. The van der Waals surface area contributed by atoms with Crippen LogP contribution in [0.4, 0.5) is 5.69 Å². The number of nitrogens with one attached hydrogen (secondary N) is 2. The van der Waals surface area contributed by atoms with E-state index in [2.05, 4.69) is 10.6 Å². The van der Waals surface area contributed by atoms with Crippen molar-refractivity contribution in [3.8, 4) is 11.5 Å². The molecule has 7 nitrogen and oxygen atoms in total. The van der Waals surface area contributed by atoms with E-state index in [4.69, 9.17) is 13.9 Å². The van der Waals surface area contributed by atoms with Crippen molar-refractivity contribution in [2.45, 2.75) is 6.54 Å². The highest BCUT2D eigenvalue weighted by molar-refractivity contribution is 5.96. The molecule has 7 heteroatoms. The maximum atomic E-state index is 12.1. The van der Waals surface area contributed by atoms with Crippen molar-refractivity contribution in [2.75, 3.05) is 19.0 Å². The van der Waals surface area contributed by atoms with Gasteiger partial charge in [0, 0.05) is 11.3 Å². The first-order valence-corrected chi connectivity index (χ1v) is 8.62. The van der Waals surface area contributed by atoms with E-state index in [-0.39, 0.29) is 18.4 Å². The smallest absolute Gasteiger partial charge is 0.262 e. The van der Waals surface area contributed by atoms with Gasteiger partial charge >= 0.3 is 0 Å². The number of benzene rings is 2. The number of ether oxygens (including phenoxy) is 2. The van der Waals surface area contributed by atoms with E-state index >= 15 is 0 Å². The van der Waals surface area contributed by atoms with Crippen LogP contribution in [0, 0.1) is 0 Å². The first-order valence-electron chi connectivity index (χ1n) is 8.62. The molecule has 0 spiro atoms. The number of hydrogen-bond acceptors (Lipinski definition) is 5. The first-order chi connectivity index (χ1) is 13.7. The third-order valence-electron chi connectivity index (χ3n) is 3.86. The standard InChI is InChI=1S/C21H20N2O5/c1-26-18-6-2-3-7-19(18)28-14-20(24)23-16-10-8-15(9-11-16)21(25)22-13-17-5-4-12-27-17/h2-12H,13-14H2,1H3,(H,22,25)(H,23,24). The van der Waals surface area contributed by atoms with Gasteiger partial charge in [-0.15, -0.1) is 0 Å². The van der Waals surface area contributed by atoms with E-state index in [0.29, 0.717) is 35.1 Å². The SMILES string of the molecule is COc1ccccc1OCC(=O)Nc1ccc(C(=O)NCc2ccco2)cc1. The summed E-state index contributed by atoms with van der Waals surface area (Å²) in [6, 6.07) is 17.2. The van der Waals surface area contributed by atoms with E-state index in [1.54, 1.807) is 60.9 Å². The molecule has 144 valence electrons. The van der Waals surface area contributed by atoms with Crippen LogP contribution >= 0.6 is 0 Å². The van der Waals surface area contributed by atoms with E-state index < -0.39 is 0 Å². The molecular weight excluding hydrogens is 360 g/mol. The fourth-order valence-corrected chi connectivity index (χ4v) is 2.47. The molecule has 3 aromatic rings. The van der Waals surface area contributed by atoms with Gasteiger partial charge in [0.2, 0.25) is 0 Å². The lowest BCUT2D eigenvalue weighted by atomic mass is 10.2. The lowest BCUT2D eigenvalue weighted by Gasteiger charge is -2.11. The molecule has 0 saturated heterocycles. The minimum atomic E-state index is -0.319. The van der Waals surface area contributed by atoms with E-state index in [0.717, 1.165) is 0 Å². The molecule has 3 rings (SSSR count). The fraction of sp³-hybridized carbons (Fsp3) is 0.143. The molecule has 28 heavy (non-hydrogen) atoms. The van der Waals surface area contributed by atoms with Gasteiger partial charge in [0.15, 0.2) is 18.1 Å². The third kappa shape index (κ3) is 5.14. The Bertz CT molecular complexity index is 920. The predicted molar refractivity (Wildman–Crippen MR) is 103 cm³/mol. The van der Waals surface area contributed by atoms with Crippen molar-refractivity contribution in [1.82, 2.24) is 5.32 Å². The summed E-state index contributed by atoms with van der Waals surface area (Å²) in [5.74, 6) is 1.17. The maximum Gasteiger partial charge on any atom is 0.262 e. The van der Waals surface area contributed by atoms with Crippen LogP contribution < -0.4 is 20.1 Å². The van der Waals surface area contributed by atoms with Crippen LogP contribution in [0.2, 0.25) is 0 Å².